The van der Waals surface area contributed by atoms with Crippen molar-refractivity contribution in [3.05, 3.63) is 96.6 Å². The second-order valence-electron chi connectivity index (χ2n) is 15.1. The van der Waals surface area contributed by atoms with Gasteiger partial charge in [-0.15, -0.1) is 0 Å². The Morgan fingerprint density at radius 2 is 1.49 bits per heavy atom. The molecule has 5 rings (SSSR count). The van der Waals surface area contributed by atoms with Crippen molar-refractivity contribution in [2.45, 2.75) is 109 Å². The first-order valence-electron chi connectivity index (χ1n) is 20.7. The molecule has 1 heterocycles. The first-order valence-corrected chi connectivity index (χ1v) is 23.7. The predicted octanol–water partition coefficient (Wildman–Crippen LogP) is 7.29. The van der Waals surface area contributed by atoms with Gasteiger partial charge in [-0.3, -0.25) is 14.4 Å². The first-order chi connectivity index (χ1) is 27.9. The van der Waals surface area contributed by atoms with Crippen molar-refractivity contribution in [1.29, 1.82) is 0 Å². The van der Waals surface area contributed by atoms with Crippen molar-refractivity contribution < 1.29 is 42.5 Å². The Balaban J connectivity index is 1.32. The minimum absolute atomic E-state index is 0.0119. The van der Waals surface area contributed by atoms with Gasteiger partial charge in [0.2, 0.25) is 17.7 Å². The normalized spacial score (nSPS) is 20.0. The summed E-state index contributed by atoms with van der Waals surface area (Å²) in [6.45, 7) is 2.52. The van der Waals surface area contributed by atoms with Crippen LogP contribution in [0.25, 0.3) is 0 Å². The second kappa shape index (κ2) is 21.0. The van der Waals surface area contributed by atoms with Crippen LogP contribution in [0.3, 0.4) is 0 Å². The highest BCUT2D eigenvalue weighted by molar-refractivity contribution is 7.90. The molecule has 1 aliphatic carbocycles. The number of hydrogen-bond donors (Lipinski definition) is 2. The Hall–Kier alpha value is -4.19. The van der Waals surface area contributed by atoms with Crippen molar-refractivity contribution >= 4 is 35.2 Å². The maximum atomic E-state index is 14.7. The average molecular weight is 825 g/mol. The number of amides is 3. The van der Waals surface area contributed by atoms with Crippen LogP contribution < -0.4 is 19.7 Å². The monoisotopic (exact) mass is 824 g/mol. The van der Waals surface area contributed by atoms with Gasteiger partial charge in [-0.2, -0.15) is 0 Å². The fraction of sp³-hybridized carbons (Fsp3) is 0.512. The molecule has 57 heavy (non-hydrogen) atoms. The number of unbranched alkanes of at least 4 members (excludes halogenated alkanes) is 1. The number of nitrogens with one attached hydrogen (secondary N) is 2. The van der Waals surface area contributed by atoms with E-state index in [1.54, 1.807) is 72.5 Å². The Morgan fingerprint density at radius 1 is 0.877 bits per heavy atom. The number of carbonyl (C=O) groups excluding carboxylic acids is 3. The number of ether oxygens (including phenoxy) is 1. The largest absolute Gasteiger partial charge is 0.452 e. The van der Waals surface area contributed by atoms with Crippen LogP contribution in [-0.4, -0.2) is 73.6 Å². The van der Waals surface area contributed by atoms with Gasteiger partial charge >= 0.3 is 7.60 Å². The number of fused-ring (bicyclic) bond motifs is 1. The molecule has 0 bridgehead atoms. The quantitative estimate of drug-likeness (QED) is 0.0832. The van der Waals surface area contributed by atoms with E-state index in [0.29, 0.717) is 56.8 Å². The van der Waals surface area contributed by atoms with Crippen LogP contribution >= 0.6 is 7.60 Å². The standard InChI is InChI=1S/C43H58N3O9PS/c1-4-40(56(50,54-35-22-10-6-11-23-35)55-36-24-12-7-13-25-36)45-42(48)39-30-34-21-14-15-26-38(34)46(39)43(49)37(27-29-57(3,51)52)44-41(47)32(2)18-16-17-28-53-31-33-19-8-5-9-20-33/h5-13,19-20,22-25,32,34,37-40H,4,14-18,21,26-31H2,1-3H3,(H,44,47)(H,45,48)/i2D. The predicted molar refractivity (Wildman–Crippen MR) is 220 cm³/mol. The average Bonchev–Trinajstić information content (AvgIpc) is 3.61. The van der Waals surface area contributed by atoms with Gasteiger partial charge in [0.25, 0.3) is 0 Å². The smallest absolute Gasteiger partial charge is 0.415 e. The summed E-state index contributed by atoms with van der Waals surface area (Å²) in [6, 6.07) is 24.4. The third-order valence-corrected chi connectivity index (χ3v) is 13.8. The second-order valence-corrected chi connectivity index (χ2v) is 19.4. The van der Waals surface area contributed by atoms with E-state index in [9.17, 15) is 27.4 Å². The molecule has 6 unspecified atom stereocenters. The van der Waals surface area contributed by atoms with E-state index < -0.39 is 58.9 Å². The molecule has 14 heteroatoms. The highest BCUT2D eigenvalue weighted by Gasteiger charge is 2.50. The molecule has 1 saturated carbocycles. The zero-order valence-corrected chi connectivity index (χ0v) is 34.7. The summed E-state index contributed by atoms with van der Waals surface area (Å²) in [4.78, 5) is 44.4. The lowest BCUT2D eigenvalue weighted by molar-refractivity contribution is -0.144. The number of benzene rings is 3. The fourth-order valence-corrected chi connectivity index (χ4v) is 10.1. The molecule has 2 aliphatic rings. The number of para-hydroxylation sites is 2. The van der Waals surface area contributed by atoms with Crippen molar-refractivity contribution in [2.75, 3.05) is 18.6 Å². The van der Waals surface area contributed by atoms with Crippen LogP contribution in [0.1, 0.15) is 85.0 Å². The molecule has 12 nitrogen and oxygen atoms in total. The molecule has 0 spiro atoms. The Kier molecular flexibility index (Phi) is 15.6. The third-order valence-electron chi connectivity index (χ3n) is 10.6. The van der Waals surface area contributed by atoms with E-state index in [-0.39, 0.29) is 37.5 Å². The summed E-state index contributed by atoms with van der Waals surface area (Å²) in [6.07, 6.45) is 6.36. The van der Waals surface area contributed by atoms with E-state index in [1.165, 1.54) is 0 Å². The number of carbonyl (C=O) groups is 3. The number of hydrogen-bond acceptors (Lipinski definition) is 9. The molecule has 310 valence electrons. The van der Waals surface area contributed by atoms with Gasteiger partial charge in [0, 0.05) is 26.2 Å². The van der Waals surface area contributed by atoms with Gasteiger partial charge in [-0.25, -0.2) is 13.0 Å². The number of nitrogens with zero attached hydrogens (tertiary/aromatic N) is 1. The zero-order valence-electron chi connectivity index (χ0n) is 34.0. The number of sulfone groups is 1. The molecule has 6 atom stereocenters. The maximum Gasteiger partial charge on any atom is 0.452 e. The van der Waals surface area contributed by atoms with E-state index in [2.05, 4.69) is 10.6 Å². The van der Waals surface area contributed by atoms with Gasteiger partial charge in [0.05, 0.1) is 12.4 Å². The molecule has 0 aromatic heterocycles. The number of likely N-dealkylation sites (tertiary alicyclic amines) is 1. The minimum atomic E-state index is -4.14. The topological polar surface area (TPSA) is 157 Å². The highest BCUT2D eigenvalue weighted by atomic mass is 32.2. The van der Waals surface area contributed by atoms with Gasteiger partial charge in [0.15, 0.2) is 5.78 Å². The molecular weight excluding hydrogens is 766 g/mol. The van der Waals surface area contributed by atoms with Crippen molar-refractivity contribution in [3.63, 3.8) is 0 Å². The van der Waals surface area contributed by atoms with Gasteiger partial charge < -0.3 is 29.3 Å². The van der Waals surface area contributed by atoms with Gasteiger partial charge in [-0.05, 0) is 80.7 Å². The zero-order chi connectivity index (χ0) is 41.5. The Labute approximate surface area is 339 Å². The van der Waals surface area contributed by atoms with Crippen LogP contribution in [0.5, 0.6) is 11.5 Å². The SMILES string of the molecule is [2H]CC(CCCCOCc1ccccc1)C(=O)NC(CCS(C)(=O)=O)C(=O)N1C(C(=O)NC(CC)P(=O)(Oc2ccccc2)Oc2ccccc2)CC2CCCCC21. The summed E-state index contributed by atoms with van der Waals surface area (Å²) in [7, 11) is -7.67. The molecule has 3 amide bonds. The van der Waals surface area contributed by atoms with E-state index in [4.69, 9.17) is 15.2 Å². The summed E-state index contributed by atoms with van der Waals surface area (Å²) < 4.78 is 65.5. The molecule has 2 N–H and O–H groups in total. The van der Waals surface area contributed by atoms with Crippen molar-refractivity contribution in [3.8, 4) is 11.5 Å². The van der Waals surface area contributed by atoms with Crippen LogP contribution in [0.15, 0.2) is 91.0 Å². The van der Waals surface area contributed by atoms with Gasteiger partial charge in [0.1, 0.15) is 33.4 Å². The molecule has 2 fully saturated rings. The summed E-state index contributed by atoms with van der Waals surface area (Å²) in [5, 5.41) is 5.74. The molecule has 1 aliphatic heterocycles. The number of rotatable bonds is 21. The van der Waals surface area contributed by atoms with E-state index >= 15 is 0 Å². The van der Waals surface area contributed by atoms with Gasteiger partial charge in [-0.1, -0.05) is 99.8 Å². The Morgan fingerprint density at radius 3 is 2.09 bits per heavy atom. The van der Waals surface area contributed by atoms with Crippen molar-refractivity contribution in [1.82, 2.24) is 15.5 Å². The molecular formula is C43H58N3O9PS. The molecule has 3 aromatic rings. The van der Waals surface area contributed by atoms with E-state index in [0.717, 1.165) is 31.1 Å². The molecule has 1 saturated heterocycles. The maximum absolute atomic E-state index is 14.7. The highest BCUT2D eigenvalue weighted by Crippen LogP contribution is 2.53. The van der Waals surface area contributed by atoms with Crippen molar-refractivity contribution in [2.24, 2.45) is 11.8 Å². The fourth-order valence-electron chi connectivity index (χ4n) is 7.63. The third kappa shape index (κ3) is 12.9. The minimum Gasteiger partial charge on any atom is -0.415 e. The van der Waals surface area contributed by atoms with Crippen LogP contribution in [0.2, 0.25) is 0 Å². The lowest BCUT2D eigenvalue weighted by atomic mass is 9.84. The summed E-state index contributed by atoms with van der Waals surface area (Å²) >= 11 is 0. The van der Waals surface area contributed by atoms with Crippen LogP contribution in [0.4, 0.5) is 0 Å². The summed E-state index contributed by atoms with van der Waals surface area (Å²) in [5.74, 6) is -3.15. The first kappa shape index (κ1) is 42.4. The molecule has 0 radical (unpaired) electrons. The summed E-state index contributed by atoms with van der Waals surface area (Å²) in [5.41, 5.74) is 1.06. The Bertz CT molecular complexity index is 1880. The lowest BCUT2D eigenvalue weighted by Gasteiger charge is -2.36. The van der Waals surface area contributed by atoms with Crippen LogP contribution in [0, 0.1) is 11.8 Å². The molecule has 3 aromatic carbocycles. The lowest BCUT2D eigenvalue weighted by Crippen LogP contribution is -2.57. The van der Waals surface area contributed by atoms with Crippen LogP contribution in [-0.2, 0) is 40.1 Å². The van der Waals surface area contributed by atoms with E-state index in [1.807, 2.05) is 30.3 Å².